The number of nitrogens with two attached hydrogens (primary N) is 2. The Kier molecular flexibility index (Phi) is 46.2. The van der Waals surface area contributed by atoms with Crippen LogP contribution in [0, 0.1) is 0 Å². The van der Waals surface area contributed by atoms with E-state index >= 15 is 57.5 Å². The number of carboxylic acid groups (broad SMARTS) is 1. The normalized spacial score (nSPS) is 23.4. The first-order valence-electron chi connectivity index (χ1n) is 49.2. The van der Waals surface area contributed by atoms with E-state index in [2.05, 4.69) is 98.5 Å². The van der Waals surface area contributed by atoms with Crippen LogP contribution in [0.25, 0.3) is 21.0 Å². The Balaban J connectivity index is 1.15. The number of aromatic amines is 2. The van der Waals surface area contributed by atoms with Crippen LogP contribution < -0.4 is 75.3 Å². The predicted octanol–water partition coefficient (Wildman–Crippen LogP) is 0.392. The van der Waals surface area contributed by atoms with Gasteiger partial charge in [-0.25, -0.2) is 14.6 Å². The van der Waals surface area contributed by atoms with Crippen LogP contribution in [0.15, 0.2) is 135 Å². The third-order valence-electron chi connectivity index (χ3n) is 25.5. The van der Waals surface area contributed by atoms with E-state index in [4.69, 9.17) is 20.9 Å². The molecule has 9 rings (SSSR count). The number of nitrogens with one attached hydrogen (secondary N) is 14. The van der Waals surface area contributed by atoms with Gasteiger partial charge in [-0.1, -0.05) is 119 Å². The van der Waals surface area contributed by atoms with Gasteiger partial charge in [0.2, 0.25) is 94.5 Å². The molecule has 0 aliphatic carbocycles. The van der Waals surface area contributed by atoms with E-state index < -0.39 is 260 Å². The molecule has 6 aromatic rings. The zero-order valence-corrected chi connectivity index (χ0v) is 85.2. The van der Waals surface area contributed by atoms with Crippen LogP contribution in [0.3, 0.4) is 0 Å². The number of imidazole rings is 1. The number of fused-ring (bicyclic) bond motifs is 4. The minimum Gasteiger partial charge on any atom is -0.508 e. The number of benzene rings is 3. The summed E-state index contributed by atoms with van der Waals surface area (Å²) in [5, 5.41) is 66.9. The summed E-state index contributed by atoms with van der Waals surface area (Å²) in [6, 6.07) is -2.92. The highest BCUT2D eigenvalue weighted by molar-refractivity contribution is 8.00. The van der Waals surface area contributed by atoms with Crippen LogP contribution in [0.4, 0.5) is 9.59 Å². The molecule has 3 aliphatic heterocycles. The molecule has 0 spiro atoms. The smallest absolute Gasteiger partial charge is 0.407 e. The number of carbonyl (C=O) groups excluding carboxylic acids is 18. The summed E-state index contributed by atoms with van der Waals surface area (Å²) in [7, 11) is 3.88. The fourth-order valence-corrected chi connectivity index (χ4v) is 19.4. The molecule has 0 bridgehead atoms. The van der Waals surface area contributed by atoms with Crippen molar-refractivity contribution in [3.8, 4) is 5.75 Å². The quantitative estimate of drug-likeness (QED) is 0.0189. The number of aromatic hydroxyl groups is 1. The molecular formula is C100H136N22O24S2. The summed E-state index contributed by atoms with van der Waals surface area (Å²) >= 11 is 2.07. The highest BCUT2D eigenvalue weighted by Gasteiger charge is 2.47. The predicted molar refractivity (Wildman–Crippen MR) is 546 cm³/mol. The summed E-state index contributed by atoms with van der Waals surface area (Å²) in [6.45, 7) is 12.2. The van der Waals surface area contributed by atoms with Gasteiger partial charge >= 0.3 is 18.2 Å². The number of hydrogen-bond donors (Lipinski definition) is 19. The zero-order valence-electron chi connectivity index (χ0n) is 83.5. The van der Waals surface area contributed by atoms with E-state index in [-0.39, 0.29) is 134 Å². The molecule has 21 N–H and O–H groups in total. The van der Waals surface area contributed by atoms with Gasteiger partial charge in [0.15, 0.2) is 0 Å². The third-order valence-corrected chi connectivity index (χ3v) is 27.6. The lowest BCUT2D eigenvalue weighted by molar-refractivity contribution is -0.149. The van der Waals surface area contributed by atoms with Gasteiger partial charge in [-0.15, -0.1) is 29.7 Å². The number of primary amides is 1. The number of nitrogens with zero attached hydrogens (tertiary/aromatic N) is 6. The number of aromatic nitrogens is 3. The van der Waals surface area contributed by atoms with Crippen molar-refractivity contribution in [2.75, 3.05) is 85.1 Å². The second-order valence-electron chi connectivity index (χ2n) is 36.3. The van der Waals surface area contributed by atoms with Gasteiger partial charge in [-0.05, 0) is 122 Å². The fourth-order valence-electron chi connectivity index (χ4n) is 17.6. The van der Waals surface area contributed by atoms with Gasteiger partial charge in [0, 0.05) is 125 Å². The topological polar surface area (TPSA) is 661 Å². The summed E-state index contributed by atoms with van der Waals surface area (Å²) in [5.41, 5.74) is 13.7. The molecule has 802 valence electrons. The highest BCUT2D eigenvalue weighted by Crippen LogP contribution is 2.31. The Hall–Kier alpha value is -14.8. The van der Waals surface area contributed by atoms with E-state index in [0.717, 1.165) is 42.1 Å². The molecule has 15 atom stereocenters. The van der Waals surface area contributed by atoms with E-state index in [9.17, 15) is 48.9 Å². The van der Waals surface area contributed by atoms with Crippen molar-refractivity contribution < 1.29 is 116 Å². The number of rotatable bonds is 35. The van der Waals surface area contributed by atoms with Gasteiger partial charge in [0.1, 0.15) is 104 Å². The Labute approximate surface area is 863 Å². The maximum absolute atomic E-state index is 16.1. The van der Waals surface area contributed by atoms with Gasteiger partial charge < -0.3 is 135 Å². The van der Waals surface area contributed by atoms with E-state index in [1.807, 2.05) is 19.9 Å². The second-order valence-corrected chi connectivity index (χ2v) is 38.3. The molecule has 48 heteroatoms. The number of ether oxygens (including phenoxy) is 2. The zero-order chi connectivity index (χ0) is 108. The number of aliphatic hydroxyl groups excluding tert-OH is 1. The summed E-state index contributed by atoms with van der Waals surface area (Å²) in [6.07, 6.45) is 1.94. The van der Waals surface area contributed by atoms with Crippen molar-refractivity contribution in [1.29, 1.82) is 0 Å². The molecule has 0 unspecified atom stereocenters. The lowest BCUT2D eigenvalue weighted by Crippen LogP contribution is -2.61. The lowest BCUT2D eigenvalue weighted by atomic mass is 9.99. The first-order chi connectivity index (χ1) is 70.9. The highest BCUT2D eigenvalue weighted by atomic mass is 32.2. The molecule has 3 aromatic carbocycles. The maximum atomic E-state index is 16.1. The molecule has 6 heterocycles. The molecule has 3 aromatic heterocycles. The van der Waals surface area contributed by atoms with Gasteiger partial charge in [0.05, 0.1) is 24.7 Å². The second kappa shape index (κ2) is 58.5. The molecule has 0 radical (unpaired) electrons. The molecule has 3 saturated heterocycles. The average Bonchev–Trinajstić information content (AvgIpc) is 1.60. The number of amides is 18. The number of para-hydroxylation sites is 1. The third kappa shape index (κ3) is 34.1. The summed E-state index contributed by atoms with van der Waals surface area (Å²) in [4.78, 5) is 296. The Bertz CT molecular complexity index is 5670. The number of thioether (sulfide) groups is 1. The first-order valence-corrected chi connectivity index (χ1v) is 51.2. The number of phenols is 1. The number of aliphatic carboxylic acids is 1. The minimum absolute atomic E-state index is 0.0115. The number of aliphatic hydroxyl groups is 1. The van der Waals surface area contributed by atoms with E-state index in [0.29, 0.717) is 45.8 Å². The largest absolute Gasteiger partial charge is 0.508 e. The lowest BCUT2D eigenvalue weighted by Gasteiger charge is -2.36. The number of carboxylic acids is 1. The van der Waals surface area contributed by atoms with Crippen molar-refractivity contribution >= 4 is 157 Å². The molecular weight excluding hydrogens is 1960 g/mol. The number of hydrogen-bond acceptors (Lipinski definition) is 27. The number of thiophene rings is 1. The van der Waals surface area contributed by atoms with Gasteiger partial charge in [0.25, 0.3) is 0 Å². The monoisotopic (exact) mass is 2090 g/mol. The SMILES string of the molecule is C=CCOC(=O)NCCC[C@@H]1NC(=O)[C@H](CCCC)N(C)C(=O)[C@H](CCCC)N(C)C(=O)[C@H](Cc2csc3ccccc23)NC(=O)[C@H](CCNC(=O)OCC=C)NC(=O)[C@H](Cc2c[nH]c3ccccc23)NC(=O)[C@@H]2C[C@@H](O)CN2C(=O)[C@H](CCC(=O)O)NC(=O)[C@H](Cc2cnc[nH]2)NC(=O)[C@@H]2CCCN2C(=O)[C@H](CCCN)NC(=O)[C@H](C=C)N(C)C(=O)[C@H](Cc2ccc(O)cc2)NC(=O)CSC[C@@H](C(=O)NCC(N)=O)NC1=O. The molecule has 3 aliphatic rings. The summed E-state index contributed by atoms with van der Waals surface area (Å²) < 4.78 is 11.1. The van der Waals surface area contributed by atoms with Crippen molar-refractivity contribution in [2.24, 2.45) is 11.5 Å². The fraction of sp³-hybridized carbons (Fsp3) is 0.500. The number of likely N-dealkylation sites (N-methyl/N-ethyl adjacent to an activating group) is 3. The maximum Gasteiger partial charge on any atom is 0.407 e. The first kappa shape index (κ1) is 117. The minimum atomic E-state index is -1.85. The van der Waals surface area contributed by atoms with Crippen LogP contribution >= 0.6 is 23.1 Å². The van der Waals surface area contributed by atoms with Crippen LogP contribution in [0.5, 0.6) is 5.75 Å². The number of carbonyl (C=O) groups is 19. The summed E-state index contributed by atoms with van der Waals surface area (Å²) in [5.74, 6) is -18.2. The number of alkyl carbamates (subject to hydrolysis) is 2. The Morgan fingerprint density at radius 1 is 0.547 bits per heavy atom. The molecule has 0 saturated carbocycles. The number of unbranched alkanes of at least 4 members (excludes halogenated alkanes) is 2. The van der Waals surface area contributed by atoms with Gasteiger partial charge in [-0.3, -0.25) is 81.5 Å². The molecule has 46 nitrogen and oxygen atoms in total. The van der Waals surface area contributed by atoms with Crippen molar-refractivity contribution in [1.82, 2.24) is 103 Å². The van der Waals surface area contributed by atoms with Crippen LogP contribution in [-0.2, 0) is 117 Å². The van der Waals surface area contributed by atoms with Crippen LogP contribution in [-0.4, -0.2) is 343 Å². The van der Waals surface area contributed by atoms with Crippen molar-refractivity contribution in [3.05, 3.63) is 157 Å². The van der Waals surface area contributed by atoms with Crippen LogP contribution in [0.2, 0.25) is 0 Å². The van der Waals surface area contributed by atoms with E-state index in [1.165, 1.54) is 86.3 Å². The standard InChI is InChI=1S/C100H136N22O24S2/c1-9-14-28-77-91(135)111-67(27-21-40-104-99(143)145-43-11-3)86(130)117-75(85(129)107-52-82(102)125)55-147-56-83(126)109-73(45-58-32-34-62(123)35-33-58)94(138)118(6)76(13-5)90(134)113-69(26-20-39-101)96(140)121-42-22-30-78(121)92(136)115-72(48-61-51-103-57-108-61)89(133)112-70(36-37-84(127)128)97(141)122-53-63(124)49-80(122)93(137)114-71(46-59-50-106-66-25-18-16-23-64(59)66)88(132)110-68(38-41-105-100(144)146-44-12-4)87(131)116-74(47-60-54-148-81-31-19-17-24-65(60)81)95(139)120(8)79(29-15-10-2)98(142)119(77)7/h11-13,16-19,23-25,31-35,50-51,54,57,63,67-80,106,123-124H,3-5,9-10,14-15,20-22,26-30,36-49,52-53,55-56,101H2,1-2,6-8H3,(H2,102,125)(H,103,108)(H,104,143)(H,105,144)(H,107,129)(H,109,126)(H,110,132)(H,111,135)(H,112,133)(H,113,134)(H,114,137)(H,115,136)(H,116,131)(H,117,130)(H,127,128)/t63-,67+,68+,69+,70+,71+,72+,73+,74+,75+,76+,77+,78+,79+,80+/m1/s1. The van der Waals surface area contributed by atoms with Crippen molar-refractivity contribution in [2.45, 2.75) is 233 Å². The molecule has 148 heavy (non-hydrogen) atoms. The number of H-pyrrole nitrogens is 2. The van der Waals surface area contributed by atoms with Crippen LogP contribution in [0.1, 0.15) is 139 Å². The molecule has 3 fully saturated rings. The van der Waals surface area contributed by atoms with Gasteiger partial charge in [-0.2, -0.15) is 0 Å². The number of phenolic OH excluding ortho intramolecular Hbond substituents is 1. The van der Waals surface area contributed by atoms with Crippen molar-refractivity contribution in [3.63, 3.8) is 0 Å². The Morgan fingerprint density at radius 3 is 1.76 bits per heavy atom. The molecule has 18 amide bonds. The Morgan fingerprint density at radius 2 is 1.11 bits per heavy atom. The van der Waals surface area contributed by atoms with E-state index in [1.54, 1.807) is 54.0 Å². The average molecular weight is 2090 g/mol.